The maximum Gasteiger partial charge on any atom is 0.266 e. The van der Waals surface area contributed by atoms with Crippen molar-refractivity contribution in [3.63, 3.8) is 0 Å². The molecule has 0 radical (unpaired) electrons. The van der Waals surface area contributed by atoms with E-state index in [1.165, 1.54) is 10.7 Å². The molecule has 1 heterocycles. The van der Waals surface area contributed by atoms with Gasteiger partial charge in [0.25, 0.3) is 11.5 Å². The quantitative estimate of drug-likeness (QED) is 0.769. The van der Waals surface area contributed by atoms with Gasteiger partial charge in [0.2, 0.25) is 0 Å². The van der Waals surface area contributed by atoms with Gasteiger partial charge in [-0.25, -0.2) is 4.68 Å². The first-order valence-corrected chi connectivity index (χ1v) is 8.15. The van der Waals surface area contributed by atoms with E-state index in [-0.39, 0.29) is 18.1 Å². The maximum atomic E-state index is 12.0. The highest BCUT2D eigenvalue weighted by molar-refractivity contribution is 5.92. The van der Waals surface area contributed by atoms with Gasteiger partial charge in [0.05, 0.1) is 5.69 Å². The van der Waals surface area contributed by atoms with Crippen molar-refractivity contribution >= 4 is 11.6 Å². The minimum absolute atomic E-state index is 0.0623. The molecule has 1 amide bonds. The number of aryl methyl sites for hydroxylation is 2. The second kappa shape index (κ2) is 7.65. The maximum absolute atomic E-state index is 12.0. The molecule has 0 aliphatic carbocycles. The van der Waals surface area contributed by atoms with Crippen LogP contribution in [0.2, 0.25) is 0 Å². The standard InChI is InChI=1S/C20H19N3O3/c1-14-3-9-17(10-4-14)26-13-19(24)21-16-7-5-15(6-8-16)18-11-12-20(25)23(2)22-18/h3-12H,13H2,1-2H3,(H,21,24). The van der Waals surface area contributed by atoms with Gasteiger partial charge in [-0.3, -0.25) is 9.59 Å². The van der Waals surface area contributed by atoms with Crippen molar-refractivity contribution in [3.8, 4) is 17.0 Å². The molecular weight excluding hydrogens is 330 g/mol. The van der Waals surface area contributed by atoms with E-state index in [0.29, 0.717) is 17.1 Å². The molecule has 3 aromatic rings. The summed E-state index contributed by atoms with van der Waals surface area (Å²) in [5.41, 5.74) is 3.18. The number of anilines is 1. The van der Waals surface area contributed by atoms with Crippen molar-refractivity contribution in [2.75, 3.05) is 11.9 Å². The highest BCUT2D eigenvalue weighted by atomic mass is 16.5. The molecule has 0 saturated carbocycles. The Kier molecular flexibility index (Phi) is 5.12. The highest BCUT2D eigenvalue weighted by Gasteiger charge is 2.05. The molecular formula is C20H19N3O3. The number of hydrogen-bond acceptors (Lipinski definition) is 4. The molecule has 0 bridgehead atoms. The number of ether oxygens (including phenoxy) is 1. The Labute approximate surface area is 151 Å². The molecule has 2 aromatic carbocycles. The zero-order valence-corrected chi connectivity index (χ0v) is 14.6. The normalized spacial score (nSPS) is 10.4. The summed E-state index contributed by atoms with van der Waals surface area (Å²) in [4.78, 5) is 23.4. The number of nitrogens with one attached hydrogen (secondary N) is 1. The fourth-order valence-electron chi connectivity index (χ4n) is 2.36. The minimum atomic E-state index is -0.237. The Hall–Kier alpha value is -3.41. The van der Waals surface area contributed by atoms with E-state index >= 15 is 0 Å². The summed E-state index contributed by atoms with van der Waals surface area (Å²) < 4.78 is 6.74. The van der Waals surface area contributed by atoms with Gasteiger partial charge in [0.1, 0.15) is 5.75 Å². The van der Waals surface area contributed by atoms with Gasteiger partial charge in [-0.1, -0.05) is 29.8 Å². The lowest BCUT2D eigenvalue weighted by atomic mass is 10.1. The summed E-state index contributed by atoms with van der Waals surface area (Å²) in [6.07, 6.45) is 0. The fraction of sp³-hybridized carbons (Fsp3) is 0.150. The summed E-state index contributed by atoms with van der Waals surface area (Å²) in [6, 6.07) is 17.9. The first-order valence-electron chi connectivity index (χ1n) is 8.15. The van der Waals surface area contributed by atoms with E-state index in [0.717, 1.165) is 11.1 Å². The third-order valence-electron chi connectivity index (χ3n) is 3.82. The van der Waals surface area contributed by atoms with Crippen molar-refractivity contribution < 1.29 is 9.53 Å². The Bertz CT molecular complexity index is 961. The predicted molar refractivity (Wildman–Crippen MR) is 100 cm³/mol. The Morgan fingerprint density at radius 1 is 1.04 bits per heavy atom. The van der Waals surface area contributed by atoms with Crippen LogP contribution in [0.15, 0.2) is 65.5 Å². The van der Waals surface area contributed by atoms with Gasteiger partial charge in [-0.15, -0.1) is 0 Å². The van der Waals surface area contributed by atoms with Gasteiger partial charge in [0, 0.05) is 24.4 Å². The number of aromatic nitrogens is 2. The Balaban J connectivity index is 1.59. The van der Waals surface area contributed by atoms with Crippen molar-refractivity contribution in [2.24, 2.45) is 7.05 Å². The zero-order valence-electron chi connectivity index (χ0n) is 14.6. The Morgan fingerprint density at radius 2 is 1.73 bits per heavy atom. The molecule has 0 aliphatic heterocycles. The summed E-state index contributed by atoms with van der Waals surface area (Å²) in [5.74, 6) is 0.417. The van der Waals surface area contributed by atoms with E-state index in [4.69, 9.17) is 4.74 Å². The molecule has 6 heteroatoms. The van der Waals surface area contributed by atoms with Crippen molar-refractivity contribution in [1.29, 1.82) is 0 Å². The van der Waals surface area contributed by atoms with Crippen LogP contribution in [0.5, 0.6) is 5.75 Å². The van der Waals surface area contributed by atoms with E-state index in [1.807, 2.05) is 43.3 Å². The average Bonchev–Trinajstić information content (AvgIpc) is 2.64. The first kappa shape index (κ1) is 17.4. The number of nitrogens with zero attached hydrogens (tertiary/aromatic N) is 2. The van der Waals surface area contributed by atoms with Crippen molar-refractivity contribution in [3.05, 3.63) is 76.6 Å². The van der Waals surface area contributed by atoms with E-state index < -0.39 is 0 Å². The molecule has 26 heavy (non-hydrogen) atoms. The first-order chi connectivity index (χ1) is 12.5. The molecule has 3 rings (SSSR count). The molecule has 6 nitrogen and oxygen atoms in total. The zero-order chi connectivity index (χ0) is 18.5. The summed E-state index contributed by atoms with van der Waals surface area (Å²) in [5, 5.41) is 6.98. The van der Waals surface area contributed by atoms with Crippen LogP contribution in [0.1, 0.15) is 5.56 Å². The van der Waals surface area contributed by atoms with Gasteiger partial charge in [0.15, 0.2) is 6.61 Å². The molecule has 0 unspecified atom stereocenters. The van der Waals surface area contributed by atoms with Gasteiger partial charge < -0.3 is 10.1 Å². The topological polar surface area (TPSA) is 73.2 Å². The molecule has 1 N–H and O–H groups in total. The van der Waals surface area contributed by atoms with E-state index in [1.54, 1.807) is 25.2 Å². The lowest BCUT2D eigenvalue weighted by Crippen LogP contribution is -2.20. The summed E-state index contributed by atoms with van der Waals surface area (Å²) in [7, 11) is 1.61. The van der Waals surface area contributed by atoms with Crippen molar-refractivity contribution in [1.82, 2.24) is 9.78 Å². The largest absolute Gasteiger partial charge is 0.484 e. The molecule has 0 atom stereocenters. The molecule has 0 saturated heterocycles. The molecule has 132 valence electrons. The highest BCUT2D eigenvalue weighted by Crippen LogP contribution is 2.18. The van der Waals surface area contributed by atoms with Crippen LogP contribution in [-0.2, 0) is 11.8 Å². The summed E-state index contributed by atoms with van der Waals surface area (Å²) in [6.45, 7) is 1.93. The average molecular weight is 349 g/mol. The van der Waals surface area contributed by atoms with Crippen LogP contribution < -0.4 is 15.6 Å². The van der Waals surface area contributed by atoms with Gasteiger partial charge >= 0.3 is 0 Å². The van der Waals surface area contributed by atoms with Crippen molar-refractivity contribution in [2.45, 2.75) is 6.92 Å². The van der Waals surface area contributed by atoms with E-state index in [9.17, 15) is 9.59 Å². The number of rotatable bonds is 5. The van der Waals surface area contributed by atoms with E-state index in [2.05, 4.69) is 10.4 Å². The fourth-order valence-corrected chi connectivity index (χ4v) is 2.36. The van der Waals surface area contributed by atoms with Gasteiger partial charge in [-0.05, 0) is 37.3 Å². The molecule has 1 aromatic heterocycles. The van der Waals surface area contributed by atoms with Crippen LogP contribution in [0.4, 0.5) is 5.69 Å². The third kappa shape index (κ3) is 4.36. The number of amides is 1. The van der Waals surface area contributed by atoms with Crippen LogP contribution >= 0.6 is 0 Å². The van der Waals surface area contributed by atoms with Gasteiger partial charge in [-0.2, -0.15) is 5.10 Å². The number of hydrogen-bond donors (Lipinski definition) is 1. The van der Waals surface area contributed by atoms with Crippen LogP contribution in [0, 0.1) is 6.92 Å². The molecule has 0 aliphatic rings. The third-order valence-corrected chi connectivity index (χ3v) is 3.82. The Morgan fingerprint density at radius 3 is 2.38 bits per heavy atom. The smallest absolute Gasteiger partial charge is 0.266 e. The monoisotopic (exact) mass is 349 g/mol. The molecule has 0 spiro atoms. The predicted octanol–water partition coefficient (Wildman–Crippen LogP) is 2.77. The minimum Gasteiger partial charge on any atom is -0.484 e. The SMILES string of the molecule is Cc1ccc(OCC(=O)Nc2ccc(-c3ccc(=O)n(C)n3)cc2)cc1. The second-order valence-corrected chi connectivity index (χ2v) is 5.91. The lowest BCUT2D eigenvalue weighted by Gasteiger charge is -2.08. The van der Waals surface area contributed by atoms with Crippen LogP contribution in [0.3, 0.4) is 0 Å². The number of benzene rings is 2. The number of carbonyl (C=O) groups is 1. The lowest BCUT2D eigenvalue weighted by molar-refractivity contribution is -0.118. The molecule has 0 fully saturated rings. The van der Waals surface area contributed by atoms with Crippen LogP contribution in [-0.4, -0.2) is 22.3 Å². The summed E-state index contributed by atoms with van der Waals surface area (Å²) >= 11 is 0. The second-order valence-electron chi connectivity index (χ2n) is 5.91. The number of carbonyl (C=O) groups excluding carboxylic acids is 1. The van der Waals surface area contributed by atoms with Crippen LogP contribution in [0.25, 0.3) is 11.3 Å².